The van der Waals surface area contributed by atoms with Crippen molar-refractivity contribution in [3.63, 3.8) is 0 Å². The molecule has 2 aromatic rings. The van der Waals surface area contributed by atoms with E-state index < -0.39 is 0 Å². The zero-order valence-electron chi connectivity index (χ0n) is 11.2. The average Bonchev–Trinajstić information content (AvgIpc) is 2.77. The van der Waals surface area contributed by atoms with Crippen molar-refractivity contribution < 1.29 is 4.79 Å². The van der Waals surface area contributed by atoms with Gasteiger partial charge in [-0.1, -0.05) is 17.7 Å². The fraction of sp³-hybridized carbons (Fsp3) is 0.357. The van der Waals surface area contributed by atoms with E-state index in [1.807, 2.05) is 17.0 Å². The third-order valence-electron chi connectivity index (χ3n) is 3.69. The Hall–Kier alpha value is -1.30. The van der Waals surface area contributed by atoms with Crippen LogP contribution in [0.25, 0.3) is 10.1 Å². The van der Waals surface area contributed by atoms with Gasteiger partial charge in [-0.3, -0.25) is 4.79 Å². The van der Waals surface area contributed by atoms with E-state index in [0.29, 0.717) is 15.6 Å². The van der Waals surface area contributed by atoms with Gasteiger partial charge in [-0.25, -0.2) is 0 Å². The number of fused-ring (bicyclic) bond motifs is 1. The molecule has 106 valence electrons. The zero-order valence-corrected chi connectivity index (χ0v) is 12.8. The van der Waals surface area contributed by atoms with Crippen LogP contribution in [0.2, 0.25) is 5.02 Å². The van der Waals surface area contributed by atoms with Crippen molar-refractivity contribution in [2.75, 3.05) is 39.0 Å². The summed E-state index contributed by atoms with van der Waals surface area (Å²) < 4.78 is 0.965. The van der Waals surface area contributed by atoms with Gasteiger partial charge in [-0.05, 0) is 19.2 Å². The largest absolute Gasteiger partial charge is 0.397 e. The highest BCUT2D eigenvalue weighted by atomic mass is 35.5. The molecule has 0 spiro atoms. The molecule has 6 heteroatoms. The van der Waals surface area contributed by atoms with Crippen molar-refractivity contribution in [1.29, 1.82) is 0 Å². The molecule has 0 unspecified atom stereocenters. The van der Waals surface area contributed by atoms with Crippen molar-refractivity contribution in [3.05, 3.63) is 28.1 Å². The molecular weight excluding hydrogens is 294 g/mol. The van der Waals surface area contributed by atoms with Crippen molar-refractivity contribution in [2.24, 2.45) is 0 Å². The summed E-state index contributed by atoms with van der Waals surface area (Å²) in [5, 5.41) is 1.41. The predicted molar refractivity (Wildman–Crippen MR) is 84.6 cm³/mol. The normalized spacial score (nSPS) is 16.8. The van der Waals surface area contributed by atoms with Gasteiger partial charge in [0.1, 0.15) is 4.88 Å². The van der Waals surface area contributed by atoms with E-state index in [1.165, 1.54) is 11.3 Å². The first-order chi connectivity index (χ1) is 9.58. The van der Waals surface area contributed by atoms with Crippen molar-refractivity contribution in [3.8, 4) is 0 Å². The van der Waals surface area contributed by atoms with Crippen LogP contribution in [0.1, 0.15) is 9.67 Å². The molecule has 1 aromatic heterocycles. The van der Waals surface area contributed by atoms with Crippen LogP contribution in [0, 0.1) is 0 Å². The van der Waals surface area contributed by atoms with Crippen LogP contribution in [0.4, 0.5) is 5.69 Å². The quantitative estimate of drug-likeness (QED) is 0.880. The Labute approximate surface area is 126 Å². The lowest BCUT2D eigenvalue weighted by molar-refractivity contribution is 0.0670. The highest BCUT2D eigenvalue weighted by Crippen LogP contribution is 2.38. The third kappa shape index (κ3) is 2.26. The van der Waals surface area contributed by atoms with Gasteiger partial charge in [0.05, 0.1) is 10.7 Å². The van der Waals surface area contributed by atoms with E-state index in [1.54, 1.807) is 6.07 Å². The lowest BCUT2D eigenvalue weighted by atomic mass is 10.2. The number of likely N-dealkylation sites (N-methyl/N-ethyl adjacent to an activating group) is 1. The maximum atomic E-state index is 12.6. The SMILES string of the molecule is CN1CCN(C(=O)c2sc3cccc(Cl)c3c2N)CC1. The number of halogens is 1. The molecule has 0 saturated carbocycles. The van der Waals surface area contributed by atoms with E-state index in [0.717, 1.165) is 36.3 Å². The summed E-state index contributed by atoms with van der Waals surface area (Å²) in [6.45, 7) is 3.29. The second-order valence-electron chi connectivity index (χ2n) is 5.05. The monoisotopic (exact) mass is 309 g/mol. The molecule has 1 aliphatic heterocycles. The number of anilines is 1. The first-order valence-electron chi connectivity index (χ1n) is 6.52. The number of rotatable bonds is 1. The van der Waals surface area contributed by atoms with E-state index >= 15 is 0 Å². The molecule has 1 fully saturated rings. The van der Waals surface area contributed by atoms with E-state index in [-0.39, 0.29) is 5.91 Å². The fourth-order valence-electron chi connectivity index (χ4n) is 2.44. The molecule has 0 bridgehead atoms. The Kier molecular flexibility index (Phi) is 3.58. The summed E-state index contributed by atoms with van der Waals surface area (Å²) in [5.41, 5.74) is 6.66. The summed E-state index contributed by atoms with van der Waals surface area (Å²) in [7, 11) is 2.06. The second kappa shape index (κ2) is 5.24. The number of thiophene rings is 1. The highest BCUT2D eigenvalue weighted by molar-refractivity contribution is 7.21. The summed E-state index contributed by atoms with van der Waals surface area (Å²) >= 11 is 7.61. The van der Waals surface area contributed by atoms with Gasteiger partial charge in [-0.2, -0.15) is 0 Å². The van der Waals surface area contributed by atoms with Crippen LogP contribution >= 0.6 is 22.9 Å². The van der Waals surface area contributed by atoms with Crippen LogP contribution in [0.15, 0.2) is 18.2 Å². The van der Waals surface area contributed by atoms with Gasteiger partial charge < -0.3 is 15.5 Å². The minimum Gasteiger partial charge on any atom is -0.397 e. The van der Waals surface area contributed by atoms with Gasteiger partial charge in [0, 0.05) is 36.3 Å². The number of carbonyl (C=O) groups is 1. The minimum atomic E-state index is 0.0212. The van der Waals surface area contributed by atoms with Gasteiger partial charge >= 0.3 is 0 Å². The lowest BCUT2D eigenvalue weighted by Crippen LogP contribution is -2.47. The van der Waals surface area contributed by atoms with Gasteiger partial charge in [-0.15, -0.1) is 11.3 Å². The summed E-state index contributed by atoms with van der Waals surface area (Å²) in [4.78, 5) is 17.3. The van der Waals surface area contributed by atoms with Crippen molar-refractivity contribution >= 4 is 44.6 Å². The summed E-state index contributed by atoms with van der Waals surface area (Å²) in [5.74, 6) is 0.0212. The smallest absolute Gasteiger partial charge is 0.266 e. The standard InChI is InChI=1S/C14H16ClN3OS/c1-17-5-7-18(8-6-17)14(19)13-12(16)11-9(15)3-2-4-10(11)20-13/h2-4H,5-8,16H2,1H3. The van der Waals surface area contributed by atoms with Crippen molar-refractivity contribution in [2.45, 2.75) is 0 Å². The third-order valence-corrected chi connectivity index (χ3v) is 5.16. The number of benzene rings is 1. The van der Waals surface area contributed by atoms with Crippen LogP contribution < -0.4 is 5.73 Å². The maximum absolute atomic E-state index is 12.6. The number of piperazine rings is 1. The maximum Gasteiger partial charge on any atom is 0.266 e. The second-order valence-corrected chi connectivity index (χ2v) is 6.51. The number of nitrogens with two attached hydrogens (primary N) is 1. The first kappa shape index (κ1) is 13.7. The molecule has 1 amide bonds. The Balaban J connectivity index is 1.96. The Morgan fingerprint density at radius 3 is 2.65 bits per heavy atom. The van der Waals surface area contributed by atoms with E-state index in [4.69, 9.17) is 17.3 Å². The number of nitrogens with zero attached hydrogens (tertiary/aromatic N) is 2. The molecule has 1 saturated heterocycles. The molecule has 0 aliphatic carbocycles. The lowest BCUT2D eigenvalue weighted by Gasteiger charge is -2.32. The minimum absolute atomic E-state index is 0.0212. The first-order valence-corrected chi connectivity index (χ1v) is 7.71. The Morgan fingerprint density at radius 2 is 2.00 bits per heavy atom. The van der Waals surface area contributed by atoms with Crippen LogP contribution in [0.3, 0.4) is 0 Å². The van der Waals surface area contributed by atoms with Gasteiger partial charge in [0.15, 0.2) is 0 Å². The van der Waals surface area contributed by atoms with Gasteiger partial charge in [0.25, 0.3) is 5.91 Å². The topological polar surface area (TPSA) is 49.6 Å². The number of hydrogen-bond donors (Lipinski definition) is 1. The Morgan fingerprint density at radius 1 is 1.30 bits per heavy atom. The fourth-order valence-corrected chi connectivity index (χ4v) is 3.89. The molecular formula is C14H16ClN3OS. The molecule has 0 atom stereocenters. The number of nitrogen functional groups attached to an aromatic ring is 1. The average molecular weight is 310 g/mol. The number of hydrogen-bond acceptors (Lipinski definition) is 4. The predicted octanol–water partition coefficient (Wildman–Crippen LogP) is 2.52. The molecule has 2 N–H and O–H groups in total. The van der Waals surface area contributed by atoms with Crippen LogP contribution in [-0.2, 0) is 0 Å². The zero-order chi connectivity index (χ0) is 14.3. The molecule has 2 heterocycles. The highest BCUT2D eigenvalue weighted by Gasteiger charge is 2.25. The van der Waals surface area contributed by atoms with E-state index in [9.17, 15) is 4.79 Å². The molecule has 1 aromatic carbocycles. The molecule has 20 heavy (non-hydrogen) atoms. The molecule has 3 rings (SSSR count). The van der Waals surface area contributed by atoms with Crippen LogP contribution in [0.5, 0.6) is 0 Å². The Bertz CT molecular complexity index is 662. The number of carbonyl (C=O) groups excluding carboxylic acids is 1. The summed E-state index contributed by atoms with van der Waals surface area (Å²) in [6, 6.07) is 5.63. The molecule has 4 nitrogen and oxygen atoms in total. The summed E-state index contributed by atoms with van der Waals surface area (Å²) in [6.07, 6.45) is 0. The van der Waals surface area contributed by atoms with E-state index in [2.05, 4.69) is 11.9 Å². The van der Waals surface area contributed by atoms with Crippen LogP contribution in [-0.4, -0.2) is 48.9 Å². The molecule has 0 radical (unpaired) electrons. The van der Waals surface area contributed by atoms with Gasteiger partial charge in [0.2, 0.25) is 0 Å². The molecule has 1 aliphatic rings. The van der Waals surface area contributed by atoms with Crippen molar-refractivity contribution in [1.82, 2.24) is 9.80 Å². The number of amides is 1.